The maximum absolute atomic E-state index is 6.11. The van der Waals surface area contributed by atoms with Crippen LogP contribution in [-0.4, -0.2) is 32.8 Å². The minimum Gasteiger partial charge on any atom is -0.497 e. The van der Waals surface area contributed by atoms with Crippen molar-refractivity contribution >= 4 is 35.6 Å². The van der Waals surface area contributed by atoms with Gasteiger partial charge in [0, 0.05) is 24.3 Å². The summed E-state index contributed by atoms with van der Waals surface area (Å²) in [4.78, 5) is 4.63. The van der Waals surface area contributed by atoms with E-state index >= 15 is 0 Å². The summed E-state index contributed by atoms with van der Waals surface area (Å²) in [7, 11) is 1.65. The Morgan fingerprint density at radius 1 is 1.12 bits per heavy atom. The van der Waals surface area contributed by atoms with Gasteiger partial charge >= 0.3 is 0 Å². The molecule has 0 radical (unpaired) electrons. The van der Waals surface area contributed by atoms with Crippen LogP contribution in [0.25, 0.3) is 0 Å². The summed E-state index contributed by atoms with van der Waals surface area (Å²) in [6, 6.07) is 18.2. The van der Waals surface area contributed by atoms with E-state index in [0.29, 0.717) is 12.5 Å². The number of aliphatic imine (C=N–C) groups is 1. The number of ether oxygens (including phenoxy) is 2. The Labute approximate surface area is 172 Å². The summed E-state index contributed by atoms with van der Waals surface area (Å²) in [6.07, 6.45) is 1.91. The highest BCUT2D eigenvalue weighted by molar-refractivity contribution is 14.0. The SMILES string of the molecule is COc1ccc(NC(N)=NCC2(c3ccccc3)CCOCC2)cc1.I. The van der Waals surface area contributed by atoms with Crippen molar-refractivity contribution in [1.29, 1.82) is 0 Å². The molecular weight excluding hydrogens is 441 g/mol. The van der Waals surface area contributed by atoms with Crippen molar-refractivity contribution in [2.24, 2.45) is 10.7 Å². The summed E-state index contributed by atoms with van der Waals surface area (Å²) in [5.74, 6) is 1.23. The molecule has 0 saturated carbocycles. The number of halogens is 1. The monoisotopic (exact) mass is 467 g/mol. The summed E-state index contributed by atoms with van der Waals surface area (Å²) >= 11 is 0. The molecule has 0 aliphatic carbocycles. The predicted molar refractivity (Wildman–Crippen MR) is 117 cm³/mol. The molecule has 1 aliphatic rings. The van der Waals surface area contributed by atoms with Gasteiger partial charge in [0.25, 0.3) is 0 Å². The number of benzene rings is 2. The first-order chi connectivity index (χ1) is 12.2. The first-order valence-electron chi connectivity index (χ1n) is 8.56. The molecule has 5 nitrogen and oxygen atoms in total. The number of anilines is 1. The zero-order valence-electron chi connectivity index (χ0n) is 15.0. The van der Waals surface area contributed by atoms with Crippen LogP contribution >= 0.6 is 24.0 Å². The Bertz CT molecular complexity index is 699. The normalized spacial score (nSPS) is 16.4. The number of nitrogens with two attached hydrogens (primary N) is 1. The van der Waals surface area contributed by atoms with E-state index in [9.17, 15) is 0 Å². The first kappa shape index (κ1) is 20.5. The first-order valence-corrected chi connectivity index (χ1v) is 8.56. The predicted octanol–water partition coefficient (Wildman–Crippen LogP) is 3.79. The summed E-state index contributed by atoms with van der Waals surface area (Å²) in [5.41, 5.74) is 8.29. The van der Waals surface area contributed by atoms with Gasteiger partial charge < -0.3 is 20.5 Å². The van der Waals surface area contributed by atoms with E-state index in [0.717, 1.165) is 37.5 Å². The van der Waals surface area contributed by atoms with E-state index in [-0.39, 0.29) is 29.4 Å². The number of nitrogens with one attached hydrogen (secondary N) is 1. The van der Waals surface area contributed by atoms with Gasteiger partial charge in [-0.15, -0.1) is 24.0 Å². The van der Waals surface area contributed by atoms with Crippen molar-refractivity contribution in [1.82, 2.24) is 0 Å². The molecular formula is C20H26IN3O2. The Morgan fingerprint density at radius 2 is 1.77 bits per heavy atom. The van der Waals surface area contributed by atoms with Crippen molar-refractivity contribution in [3.05, 3.63) is 60.2 Å². The van der Waals surface area contributed by atoms with Gasteiger partial charge in [0.2, 0.25) is 0 Å². The minimum absolute atomic E-state index is 0. The number of rotatable bonds is 5. The molecule has 1 saturated heterocycles. The third-order valence-corrected chi connectivity index (χ3v) is 4.75. The molecule has 26 heavy (non-hydrogen) atoms. The Hall–Kier alpha value is -1.80. The second-order valence-electron chi connectivity index (χ2n) is 6.31. The number of guanidine groups is 1. The lowest BCUT2D eigenvalue weighted by Crippen LogP contribution is -2.38. The van der Waals surface area contributed by atoms with E-state index < -0.39 is 0 Å². The molecule has 0 unspecified atom stereocenters. The second-order valence-corrected chi connectivity index (χ2v) is 6.31. The highest BCUT2D eigenvalue weighted by Gasteiger charge is 2.34. The van der Waals surface area contributed by atoms with Crippen molar-refractivity contribution in [2.75, 3.05) is 32.2 Å². The van der Waals surface area contributed by atoms with Crippen LogP contribution in [0.15, 0.2) is 59.6 Å². The van der Waals surface area contributed by atoms with Crippen LogP contribution in [0.5, 0.6) is 5.75 Å². The quantitative estimate of drug-likeness (QED) is 0.399. The van der Waals surface area contributed by atoms with Crippen LogP contribution in [0.2, 0.25) is 0 Å². The van der Waals surface area contributed by atoms with Crippen molar-refractivity contribution in [3.8, 4) is 5.75 Å². The van der Waals surface area contributed by atoms with E-state index in [1.807, 2.05) is 30.3 Å². The highest BCUT2D eigenvalue weighted by Crippen LogP contribution is 2.35. The topological polar surface area (TPSA) is 68.9 Å². The molecule has 0 atom stereocenters. The van der Waals surface area contributed by atoms with Gasteiger partial charge in [-0.3, -0.25) is 4.99 Å². The lowest BCUT2D eigenvalue weighted by molar-refractivity contribution is 0.0531. The van der Waals surface area contributed by atoms with E-state index in [4.69, 9.17) is 15.2 Å². The fraction of sp³-hybridized carbons (Fsp3) is 0.350. The zero-order chi connectivity index (χ0) is 17.5. The molecule has 6 heteroatoms. The van der Waals surface area contributed by atoms with Crippen molar-refractivity contribution in [2.45, 2.75) is 18.3 Å². The largest absolute Gasteiger partial charge is 0.497 e. The molecule has 1 fully saturated rings. The molecule has 1 aliphatic heterocycles. The van der Waals surface area contributed by atoms with Gasteiger partial charge in [-0.1, -0.05) is 30.3 Å². The van der Waals surface area contributed by atoms with Crippen molar-refractivity contribution in [3.63, 3.8) is 0 Å². The Kier molecular flexibility index (Phi) is 7.71. The van der Waals surface area contributed by atoms with E-state index in [1.54, 1.807) is 7.11 Å². The van der Waals surface area contributed by atoms with Crippen molar-refractivity contribution < 1.29 is 9.47 Å². The van der Waals surface area contributed by atoms with Gasteiger partial charge in [0.1, 0.15) is 5.75 Å². The van der Waals surface area contributed by atoms with E-state index in [2.05, 4.69) is 34.6 Å². The van der Waals surface area contributed by atoms with Gasteiger partial charge in [-0.05, 0) is 42.7 Å². The van der Waals surface area contributed by atoms with Crippen LogP contribution in [-0.2, 0) is 10.2 Å². The molecule has 3 rings (SSSR count). The molecule has 140 valence electrons. The van der Waals surface area contributed by atoms with Gasteiger partial charge in [0.05, 0.1) is 13.7 Å². The molecule has 2 aromatic carbocycles. The lowest BCUT2D eigenvalue weighted by Gasteiger charge is -2.36. The molecule has 2 aromatic rings. The van der Waals surface area contributed by atoms with E-state index in [1.165, 1.54) is 5.56 Å². The Morgan fingerprint density at radius 3 is 2.38 bits per heavy atom. The smallest absolute Gasteiger partial charge is 0.193 e. The van der Waals surface area contributed by atoms with Gasteiger partial charge in [0.15, 0.2) is 5.96 Å². The maximum atomic E-state index is 6.11. The third-order valence-electron chi connectivity index (χ3n) is 4.75. The van der Waals surface area contributed by atoms with Gasteiger partial charge in [-0.2, -0.15) is 0 Å². The second kappa shape index (κ2) is 9.78. The molecule has 0 aromatic heterocycles. The minimum atomic E-state index is -0.00822. The molecule has 0 bridgehead atoms. The van der Waals surface area contributed by atoms with Crippen LogP contribution in [0.4, 0.5) is 5.69 Å². The number of nitrogens with zero attached hydrogens (tertiary/aromatic N) is 1. The molecule has 0 spiro atoms. The third kappa shape index (κ3) is 5.11. The number of hydrogen-bond acceptors (Lipinski definition) is 3. The molecule has 0 amide bonds. The van der Waals surface area contributed by atoms with Crippen LogP contribution < -0.4 is 15.8 Å². The lowest BCUT2D eigenvalue weighted by atomic mass is 9.74. The van der Waals surface area contributed by atoms with Gasteiger partial charge in [-0.25, -0.2) is 0 Å². The number of methoxy groups -OCH3 is 1. The highest BCUT2D eigenvalue weighted by atomic mass is 127. The average Bonchev–Trinajstić information content (AvgIpc) is 2.68. The maximum Gasteiger partial charge on any atom is 0.193 e. The summed E-state index contributed by atoms with van der Waals surface area (Å²) in [5, 5.41) is 3.14. The van der Waals surface area contributed by atoms with Crippen LogP contribution in [0, 0.1) is 0 Å². The summed E-state index contributed by atoms with van der Waals surface area (Å²) < 4.78 is 10.7. The number of hydrogen-bond donors (Lipinski definition) is 2. The average molecular weight is 467 g/mol. The summed E-state index contributed by atoms with van der Waals surface area (Å²) in [6.45, 7) is 2.17. The van der Waals surface area contributed by atoms with Crippen LogP contribution in [0.3, 0.4) is 0 Å². The molecule has 3 N–H and O–H groups in total. The van der Waals surface area contributed by atoms with Crippen LogP contribution in [0.1, 0.15) is 18.4 Å². The zero-order valence-corrected chi connectivity index (χ0v) is 17.3. The molecule has 1 heterocycles. The Balaban J connectivity index is 0.00000243. The standard InChI is InChI=1S/C20H25N3O2.HI/c1-24-18-9-7-17(8-10-18)23-19(21)22-15-20(11-13-25-14-12-20)16-5-3-2-4-6-16;/h2-10H,11-15H2,1H3,(H3,21,22,23);1H. The fourth-order valence-corrected chi connectivity index (χ4v) is 3.19. The fourth-order valence-electron chi connectivity index (χ4n) is 3.19.